The van der Waals surface area contributed by atoms with Crippen molar-refractivity contribution in [1.82, 2.24) is 9.55 Å². The molecule has 0 atom stereocenters. The number of nitrogens with zero attached hydrogens (tertiary/aromatic N) is 3. The highest BCUT2D eigenvalue weighted by molar-refractivity contribution is 9.10. The van der Waals surface area contributed by atoms with Gasteiger partial charge in [-0.2, -0.15) is 5.26 Å². The Kier molecular flexibility index (Phi) is 4.00. The Balaban J connectivity index is 2.14. The number of hydrogen-bond donors (Lipinski definition) is 0. The number of ether oxygens (including phenoxy) is 1. The van der Waals surface area contributed by atoms with E-state index in [9.17, 15) is 0 Å². The summed E-state index contributed by atoms with van der Waals surface area (Å²) in [7, 11) is 0. The lowest BCUT2D eigenvalue weighted by molar-refractivity contribution is 0.289. The number of halogens is 1. The Morgan fingerprint density at radius 1 is 1.50 bits per heavy atom. The molecule has 0 spiro atoms. The highest BCUT2D eigenvalue weighted by atomic mass is 79.9. The number of nitriles is 1. The molecule has 5 heteroatoms. The molecule has 0 amide bonds. The molecule has 2 aromatic rings. The summed E-state index contributed by atoms with van der Waals surface area (Å²) >= 11 is 3.33. The van der Waals surface area contributed by atoms with Crippen molar-refractivity contribution in [1.29, 1.82) is 5.26 Å². The maximum Gasteiger partial charge on any atom is 0.146 e. The summed E-state index contributed by atoms with van der Waals surface area (Å²) in [6.45, 7) is 3.26. The van der Waals surface area contributed by atoms with Crippen LogP contribution in [0.4, 0.5) is 0 Å². The summed E-state index contributed by atoms with van der Waals surface area (Å²) in [6, 6.07) is 7.48. The van der Waals surface area contributed by atoms with Gasteiger partial charge in [0.2, 0.25) is 0 Å². The van der Waals surface area contributed by atoms with Gasteiger partial charge in [-0.05, 0) is 25.1 Å². The molecule has 0 aliphatic carbocycles. The molecular weight excluding hydrogens is 294 g/mol. The first-order valence-corrected chi connectivity index (χ1v) is 6.36. The van der Waals surface area contributed by atoms with Crippen molar-refractivity contribution < 1.29 is 4.74 Å². The maximum atomic E-state index is 9.03. The topological polar surface area (TPSA) is 50.8 Å². The Hall–Kier alpha value is -1.80. The van der Waals surface area contributed by atoms with E-state index >= 15 is 0 Å². The van der Waals surface area contributed by atoms with Crippen LogP contribution in [-0.2, 0) is 13.2 Å². The van der Waals surface area contributed by atoms with Crippen LogP contribution in [0.2, 0.25) is 0 Å². The molecule has 0 fully saturated rings. The van der Waals surface area contributed by atoms with E-state index in [1.807, 2.05) is 23.8 Å². The summed E-state index contributed by atoms with van der Waals surface area (Å²) in [4.78, 5) is 4.22. The largest absolute Gasteiger partial charge is 0.484 e. The smallest absolute Gasteiger partial charge is 0.146 e. The van der Waals surface area contributed by atoms with Crippen LogP contribution in [-0.4, -0.2) is 9.55 Å². The minimum absolute atomic E-state index is 0.358. The van der Waals surface area contributed by atoms with Gasteiger partial charge in [0.25, 0.3) is 0 Å². The number of aromatic nitrogens is 2. The Bertz CT molecular complexity index is 586. The van der Waals surface area contributed by atoms with Gasteiger partial charge in [-0.1, -0.05) is 15.9 Å². The normalized spacial score (nSPS) is 10.1. The van der Waals surface area contributed by atoms with Crippen molar-refractivity contribution in [3.05, 3.63) is 46.5 Å². The van der Waals surface area contributed by atoms with E-state index < -0.39 is 0 Å². The van der Waals surface area contributed by atoms with Crippen LogP contribution in [0.15, 0.2) is 35.1 Å². The zero-order chi connectivity index (χ0) is 13.0. The van der Waals surface area contributed by atoms with Gasteiger partial charge in [-0.25, -0.2) is 4.98 Å². The molecule has 18 heavy (non-hydrogen) atoms. The number of hydrogen-bond acceptors (Lipinski definition) is 3. The van der Waals surface area contributed by atoms with Crippen molar-refractivity contribution in [2.75, 3.05) is 0 Å². The molecule has 1 aromatic heterocycles. The predicted molar refractivity (Wildman–Crippen MR) is 71.1 cm³/mol. The monoisotopic (exact) mass is 305 g/mol. The van der Waals surface area contributed by atoms with Crippen LogP contribution in [0, 0.1) is 11.3 Å². The predicted octanol–water partition coefficient (Wildman–Crippen LogP) is 3.12. The van der Waals surface area contributed by atoms with Crippen LogP contribution in [0.25, 0.3) is 0 Å². The molecule has 0 aliphatic rings. The lowest BCUT2D eigenvalue weighted by Crippen LogP contribution is -2.06. The Morgan fingerprint density at radius 3 is 3.06 bits per heavy atom. The third-order valence-corrected chi connectivity index (χ3v) is 3.05. The standard InChI is InChI=1S/C13H12BrN3O/c1-2-17-6-5-16-13(17)9-18-12-4-3-11(14)7-10(12)8-15/h3-7H,2,9H2,1H3. The third-order valence-electron chi connectivity index (χ3n) is 2.56. The molecule has 1 heterocycles. The fraction of sp³-hybridized carbons (Fsp3) is 0.231. The van der Waals surface area contributed by atoms with Gasteiger partial charge in [-0.3, -0.25) is 0 Å². The highest BCUT2D eigenvalue weighted by Gasteiger charge is 2.06. The Labute approximate surface area is 114 Å². The number of aryl methyl sites for hydroxylation is 1. The van der Waals surface area contributed by atoms with E-state index in [1.165, 1.54) is 0 Å². The molecule has 0 saturated carbocycles. The van der Waals surface area contributed by atoms with Crippen LogP contribution in [0.1, 0.15) is 18.3 Å². The van der Waals surface area contributed by atoms with Gasteiger partial charge in [0.15, 0.2) is 0 Å². The molecular formula is C13H12BrN3O. The summed E-state index contributed by atoms with van der Waals surface area (Å²) in [5.41, 5.74) is 0.513. The molecule has 1 aromatic carbocycles. The molecule has 4 nitrogen and oxygen atoms in total. The second-order valence-corrected chi connectivity index (χ2v) is 4.59. The quantitative estimate of drug-likeness (QED) is 0.872. The van der Waals surface area contributed by atoms with E-state index in [1.54, 1.807) is 18.3 Å². The summed E-state index contributed by atoms with van der Waals surface area (Å²) in [6.07, 6.45) is 3.65. The zero-order valence-electron chi connectivity index (χ0n) is 9.93. The molecule has 0 saturated heterocycles. The van der Waals surface area contributed by atoms with Gasteiger partial charge in [0.1, 0.15) is 24.3 Å². The minimum atomic E-state index is 0.358. The average molecular weight is 306 g/mol. The van der Waals surface area contributed by atoms with Crippen molar-refractivity contribution in [2.24, 2.45) is 0 Å². The molecule has 92 valence electrons. The zero-order valence-corrected chi connectivity index (χ0v) is 11.5. The molecule has 0 radical (unpaired) electrons. The van der Waals surface area contributed by atoms with E-state index in [-0.39, 0.29) is 0 Å². The first-order valence-electron chi connectivity index (χ1n) is 5.57. The van der Waals surface area contributed by atoms with Crippen molar-refractivity contribution in [2.45, 2.75) is 20.1 Å². The van der Waals surface area contributed by atoms with Crippen molar-refractivity contribution in [3.63, 3.8) is 0 Å². The highest BCUT2D eigenvalue weighted by Crippen LogP contribution is 2.23. The number of benzene rings is 1. The van der Waals surface area contributed by atoms with Crippen molar-refractivity contribution in [3.8, 4) is 11.8 Å². The summed E-state index contributed by atoms with van der Waals surface area (Å²) in [5, 5.41) is 9.03. The first kappa shape index (κ1) is 12.7. The van der Waals surface area contributed by atoms with E-state index in [0.717, 1.165) is 16.8 Å². The van der Waals surface area contributed by atoms with Crippen LogP contribution in [0.3, 0.4) is 0 Å². The van der Waals surface area contributed by atoms with E-state index in [0.29, 0.717) is 17.9 Å². The molecule has 0 bridgehead atoms. The van der Waals surface area contributed by atoms with Crippen LogP contribution >= 0.6 is 15.9 Å². The number of rotatable bonds is 4. The van der Waals surface area contributed by atoms with Gasteiger partial charge in [0.05, 0.1) is 5.56 Å². The minimum Gasteiger partial charge on any atom is -0.484 e. The molecule has 0 unspecified atom stereocenters. The van der Waals surface area contributed by atoms with Crippen LogP contribution in [0.5, 0.6) is 5.75 Å². The van der Waals surface area contributed by atoms with Gasteiger partial charge in [-0.15, -0.1) is 0 Å². The molecule has 0 aliphatic heterocycles. The lowest BCUT2D eigenvalue weighted by atomic mass is 10.2. The van der Waals surface area contributed by atoms with Gasteiger partial charge < -0.3 is 9.30 Å². The fourth-order valence-corrected chi connectivity index (χ4v) is 1.99. The van der Waals surface area contributed by atoms with Gasteiger partial charge in [0, 0.05) is 23.4 Å². The van der Waals surface area contributed by atoms with Crippen LogP contribution < -0.4 is 4.74 Å². The molecule has 2 rings (SSSR count). The second kappa shape index (κ2) is 5.69. The lowest BCUT2D eigenvalue weighted by Gasteiger charge is -2.09. The Morgan fingerprint density at radius 2 is 2.33 bits per heavy atom. The summed E-state index contributed by atoms with van der Waals surface area (Å²) < 4.78 is 8.51. The number of imidazole rings is 1. The maximum absolute atomic E-state index is 9.03. The second-order valence-electron chi connectivity index (χ2n) is 3.67. The molecule has 0 N–H and O–H groups in total. The van der Waals surface area contributed by atoms with Gasteiger partial charge >= 0.3 is 0 Å². The average Bonchev–Trinajstić information content (AvgIpc) is 2.84. The summed E-state index contributed by atoms with van der Waals surface area (Å²) in [5.74, 6) is 1.43. The third kappa shape index (κ3) is 2.71. The fourth-order valence-electron chi connectivity index (χ4n) is 1.63. The SMILES string of the molecule is CCn1ccnc1COc1ccc(Br)cc1C#N. The first-order chi connectivity index (χ1) is 8.74. The van der Waals surface area contributed by atoms with E-state index in [4.69, 9.17) is 10.00 Å². The van der Waals surface area contributed by atoms with E-state index in [2.05, 4.69) is 27.0 Å². The van der Waals surface area contributed by atoms with Crippen molar-refractivity contribution >= 4 is 15.9 Å².